The highest BCUT2D eigenvalue weighted by Crippen LogP contribution is 2.15. The number of rotatable bonds is 5. The zero-order valence-electron chi connectivity index (χ0n) is 13.2. The highest BCUT2D eigenvalue weighted by atomic mass is 35.5. The maximum absolute atomic E-state index is 11.9. The summed E-state index contributed by atoms with van der Waals surface area (Å²) in [7, 11) is 0. The molecule has 0 bridgehead atoms. The number of para-hydroxylation sites is 1. The standard InChI is InChI=1S/C16H23N3O3.ClH/c1-2-14(15(20)21)19-10-8-13(9-11-19)18-16(22)17-12-6-4-3-5-7-12;/h3-7,13-14H,2,8-11H2,1H3,(H,20,21)(H2,17,18,22);1H. The normalized spacial score (nSPS) is 16.9. The number of nitrogens with zero attached hydrogens (tertiary/aromatic N) is 1. The van der Waals surface area contributed by atoms with Gasteiger partial charge in [0.25, 0.3) is 0 Å². The van der Waals surface area contributed by atoms with E-state index in [-0.39, 0.29) is 24.5 Å². The number of benzene rings is 1. The number of carbonyl (C=O) groups excluding carboxylic acids is 1. The number of urea groups is 1. The molecule has 7 heteroatoms. The minimum Gasteiger partial charge on any atom is -0.480 e. The Kier molecular flexibility index (Phi) is 7.85. The van der Waals surface area contributed by atoms with E-state index < -0.39 is 12.0 Å². The fraction of sp³-hybridized carbons (Fsp3) is 0.500. The van der Waals surface area contributed by atoms with Crippen molar-refractivity contribution >= 4 is 30.1 Å². The molecule has 1 aromatic rings. The van der Waals surface area contributed by atoms with Crippen molar-refractivity contribution in [2.75, 3.05) is 18.4 Å². The van der Waals surface area contributed by atoms with E-state index in [0.29, 0.717) is 19.5 Å². The van der Waals surface area contributed by atoms with Gasteiger partial charge in [-0.3, -0.25) is 9.69 Å². The van der Waals surface area contributed by atoms with Crippen LogP contribution in [0.4, 0.5) is 10.5 Å². The predicted octanol–water partition coefficient (Wildman–Crippen LogP) is 2.56. The molecule has 0 radical (unpaired) electrons. The lowest BCUT2D eigenvalue weighted by Crippen LogP contribution is -2.50. The average Bonchev–Trinajstić information content (AvgIpc) is 2.50. The van der Waals surface area contributed by atoms with E-state index in [4.69, 9.17) is 0 Å². The van der Waals surface area contributed by atoms with E-state index in [0.717, 1.165) is 18.5 Å². The Balaban J connectivity index is 0.00000264. The molecule has 2 amide bonds. The maximum Gasteiger partial charge on any atom is 0.320 e. The molecule has 128 valence electrons. The predicted molar refractivity (Wildman–Crippen MR) is 92.2 cm³/mol. The maximum atomic E-state index is 11.9. The molecule has 0 aromatic heterocycles. The number of carboxylic acid groups (broad SMARTS) is 1. The molecule has 1 heterocycles. The van der Waals surface area contributed by atoms with Gasteiger partial charge in [0.05, 0.1) is 0 Å². The minimum absolute atomic E-state index is 0. The molecular weight excluding hydrogens is 318 g/mol. The second-order valence-corrected chi connectivity index (χ2v) is 5.54. The zero-order chi connectivity index (χ0) is 15.9. The molecule has 6 nitrogen and oxygen atoms in total. The third kappa shape index (κ3) is 5.73. The van der Waals surface area contributed by atoms with Gasteiger partial charge in [-0.2, -0.15) is 0 Å². The zero-order valence-corrected chi connectivity index (χ0v) is 14.0. The van der Waals surface area contributed by atoms with Crippen LogP contribution in [0.3, 0.4) is 0 Å². The van der Waals surface area contributed by atoms with Gasteiger partial charge in [0.15, 0.2) is 0 Å². The largest absolute Gasteiger partial charge is 0.480 e. The van der Waals surface area contributed by atoms with Crippen LogP contribution in [0.5, 0.6) is 0 Å². The smallest absolute Gasteiger partial charge is 0.320 e. The Hall–Kier alpha value is -1.79. The molecule has 1 atom stereocenters. The summed E-state index contributed by atoms with van der Waals surface area (Å²) < 4.78 is 0. The number of amides is 2. The van der Waals surface area contributed by atoms with Crippen LogP contribution >= 0.6 is 12.4 Å². The van der Waals surface area contributed by atoms with E-state index in [2.05, 4.69) is 10.6 Å². The molecule has 1 saturated heterocycles. The van der Waals surface area contributed by atoms with Gasteiger partial charge in [0.2, 0.25) is 0 Å². The Labute approximate surface area is 142 Å². The van der Waals surface area contributed by atoms with Crippen LogP contribution < -0.4 is 10.6 Å². The third-order valence-electron chi connectivity index (χ3n) is 4.01. The van der Waals surface area contributed by atoms with E-state index in [1.807, 2.05) is 42.2 Å². The summed E-state index contributed by atoms with van der Waals surface area (Å²) in [6.07, 6.45) is 2.14. The quantitative estimate of drug-likeness (QED) is 0.768. The van der Waals surface area contributed by atoms with Gasteiger partial charge in [-0.05, 0) is 31.4 Å². The van der Waals surface area contributed by atoms with Crippen LogP contribution in [0.1, 0.15) is 26.2 Å². The molecular formula is C16H24ClN3O3. The summed E-state index contributed by atoms with van der Waals surface area (Å²) >= 11 is 0. The first-order chi connectivity index (χ1) is 10.6. The molecule has 0 spiro atoms. The van der Waals surface area contributed by atoms with Crippen LogP contribution in [-0.4, -0.2) is 47.2 Å². The molecule has 23 heavy (non-hydrogen) atoms. The van der Waals surface area contributed by atoms with Crippen molar-refractivity contribution in [2.24, 2.45) is 0 Å². The fourth-order valence-electron chi connectivity index (χ4n) is 2.82. The number of halogens is 1. The Bertz CT molecular complexity index is 505. The monoisotopic (exact) mass is 341 g/mol. The third-order valence-corrected chi connectivity index (χ3v) is 4.01. The van der Waals surface area contributed by atoms with Crippen LogP contribution in [0.15, 0.2) is 30.3 Å². The number of carboxylic acids is 1. The molecule has 1 aromatic carbocycles. The summed E-state index contributed by atoms with van der Waals surface area (Å²) in [6.45, 7) is 3.28. The first kappa shape index (κ1) is 19.3. The number of hydrogen-bond donors (Lipinski definition) is 3. The first-order valence-electron chi connectivity index (χ1n) is 7.69. The number of nitrogens with one attached hydrogen (secondary N) is 2. The highest BCUT2D eigenvalue weighted by molar-refractivity contribution is 5.89. The van der Waals surface area contributed by atoms with Crippen LogP contribution in [0, 0.1) is 0 Å². The molecule has 1 aliphatic rings. The lowest BCUT2D eigenvalue weighted by atomic mass is 10.0. The van der Waals surface area contributed by atoms with Gasteiger partial charge in [-0.1, -0.05) is 25.1 Å². The number of carbonyl (C=O) groups is 2. The van der Waals surface area contributed by atoms with E-state index in [9.17, 15) is 14.7 Å². The van der Waals surface area contributed by atoms with Crippen molar-refractivity contribution in [1.82, 2.24) is 10.2 Å². The molecule has 3 N–H and O–H groups in total. The number of hydrogen-bond acceptors (Lipinski definition) is 3. The Morgan fingerprint density at radius 1 is 1.26 bits per heavy atom. The van der Waals surface area contributed by atoms with Crippen LogP contribution in [-0.2, 0) is 4.79 Å². The highest BCUT2D eigenvalue weighted by Gasteiger charge is 2.28. The summed E-state index contributed by atoms with van der Waals surface area (Å²) in [5.74, 6) is -0.768. The first-order valence-corrected chi connectivity index (χ1v) is 7.69. The van der Waals surface area contributed by atoms with Gasteiger partial charge in [0.1, 0.15) is 6.04 Å². The lowest BCUT2D eigenvalue weighted by Gasteiger charge is -2.35. The summed E-state index contributed by atoms with van der Waals surface area (Å²) in [6, 6.07) is 8.75. The molecule has 1 aliphatic heterocycles. The van der Waals surface area contributed by atoms with Gasteiger partial charge >= 0.3 is 12.0 Å². The number of piperidine rings is 1. The van der Waals surface area contributed by atoms with Crippen molar-refractivity contribution in [1.29, 1.82) is 0 Å². The van der Waals surface area contributed by atoms with Crippen molar-refractivity contribution in [3.8, 4) is 0 Å². The van der Waals surface area contributed by atoms with Gasteiger partial charge in [-0.25, -0.2) is 4.79 Å². The Morgan fingerprint density at radius 3 is 2.39 bits per heavy atom. The van der Waals surface area contributed by atoms with Gasteiger partial charge in [0, 0.05) is 24.8 Å². The number of aliphatic carboxylic acids is 1. The Morgan fingerprint density at radius 2 is 1.87 bits per heavy atom. The minimum atomic E-state index is -0.768. The number of anilines is 1. The van der Waals surface area contributed by atoms with Crippen LogP contribution in [0.2, 0.25) is 0 Å². The molecule has 1 unspecified atom stereocenters. The molecule has 0 saturated carbocycles. The fourth-order valence-corrected chi connectivity index (χ4v) is 2.82. The summed E-state index contributed by atoms with van der Waals surface area (Å²) in [4.78, 5) is 25.1. The molecule has 0 aliphatic carbocycles. The van der Waals surface area contributed by atoms with Crippen molar-refractivity contribution in [3.63, 3.8) is 0 Å². The second kappa shape index (κ2) is 9.37. The second-order valence-electron chi connectivity index (χ2n) is 5.54. The van der Waals surface area contributed by atoms with Crippen molar-refractivity contribution in [2.45, 2.75) is 38.3 Å². The SMILES string of the molecule is CCC(C(=O)O)N1CCC(NC(=O)Nc2ccccc2)CC1.Cl. The van der Waals surface area contributed by atoms with Crippen LogP contribution in [0.25, 0.3) is 0 Å². The van der Waals surface area contributed by atoms with E-state index in [1.54, 1.807) is 0 Å². The van der Waals surface area contributed by atoms with Crippen molar-refractivity contribution < 1.29 is 14.7 Å². The van der Waals surface area contributed by atoms with E-state index in [1.165, 1.54) is 0 Å². The van der Waals surface area contributed by atoms with Gasteiger partial charge < -0.3 is 15.7 Å². The lowest BCUT2D eigenvalue weighted by molar-refractivity contribution is -0.143. The molecule has 1 fully saturated rings. The topological polar surface area (TPSA) is 81.7 Å². The summed E-state index contributed by atoms with van der Waals surface area (Å²) in [5, 5.41) is 14.9. The average molecular weight is 342 g/mol. The summed E-state index contributed by atoms with van der Waals surface area (Å²) in [5.41, 5.74) is 0.759. The molecule has 2 rings (SSSR count). The van der Waals surface area contributed by atoms with Gasteiger partial charge in [-0.15, -0.1) is 12.4 Å². The number of likely N-dealkylation sites (tertiary alicyclic amines) is 1. The van der Waals surface area contributed by atoms with E-state index >= 15 is 0 Å². The van der Waals surface area contributed by atoms with Crippen molar-refractivity contribution in [3.05, 3.63) is 30.3 Å².